The van der Waals surface area contributed by atoms with E-state index >= 15 is 0 Å². The summed E-state index contributed by atoms with van der Waals surface area (Å²) in [7, 11) is 0. The van der Waals surface area contributed by atoms with Gasteiger partial charge in [0.25, 0.3) is 5.69 Å². The van der Waals surface area contributed by atoms with Gasteiger partial charge in [0, 0.05) is 6.54 Å². The molecule has 0 aromatic heterocycles. The molecule has 18 heavy (non-hydrogen) atoms. The lowest BCUT2D eigenvalue weighted by Crippen LogP contribution is -2.18. The van der Waals surface area contributed by atoms with Gasteiger partial charge >= 0.3 is 0 Å². The van der Waals surface area contributed by atoms with Crippen molar-refractivity contribution in [1.29, 1.82) is 0 Å². The van der Waals surface area contributed by atoms with Gasteiger partial charge in [-0.15, -0.1) is 0 Å². The SMILES string of the molecule is O=[N+]([O-])c1cc(F)ccc1NCC1(C2CC2)CC1. The second kappa shape index (κ2) is 3.93. The minimum Gasteiger partial charge on any atom is -0.379 e. The van der Waals surface area contributed by atoms with Gasteiger partial charge in [0.1, 0.15) is 11.5 Å². The van der Waals surface area contributed by atoms with Crippen LogP contribution in [-0.2, 0) is 0 Å². The number of hydrogen-bond acceptors (Lipinski definition) is 3. The third kappa shape index (κ3) is 2.05. The molecule has 4 nitrogen and oxygen atoms in total. The molecule has 1 aromatic rings. The summed E-state index contributed by atoms with van der Waals surface area (Å²) in [6.07, 6.45) is 4.99. The Balaban J connectivity index is 1.74. The van der Waals surface area contributed by atoms with Crippen molar-refractivity contribution in [1.82, 2.24) is 0 Å². The summed E-state index contributed by atoms with van der Waals surface area (Å²) in [4.78, 5) is 10.3. The van der Waals surface area contributed by atoms with Crippen molar-refractivity contribution < 1.29 is 9.31 Å². The maximum atomic E-state index is 13.0. The maximum Gasteiger partial charge on any atom is 0.295 e. The standard InChI is InChI=1S/C13H15FN2O2/c14-10-3-4-11(12(7-10)16(17)18)15-8-13(5-6-13)9-1-2-9/h3-4,7,9,15H,1-2,5-6,8H2. The summed E-state index contributed by atoms with van der Waals surface area (Å²) >= 11 is 0. The number of nitro groups is 1. The molecule has 0 amide bonds. The Morgan fingerprint density at radius 3 is 2.72 bits per heavy atom. The molecule has 5 heteroatoms. The fraction of sp³-hybridized carbons (Fsp3) is 0.538. The molecule has 0 bridgehead atoms. The lowest BCUT2D eigenvalue weighted by molar-refractivity contribution is -0.384. The van der Waals surface area contributed by atoms with E-state index in [0.717, 1.165) is 18.5 Å². The van der Waals surface area contributed by atoms with Gasteiger partial charge in [-0.25, -0.2) is 4.39 Å². The quantitative estimate of drug-likeness (QED) is 0.644. The monoisotopic (exact) mass is 250 g/mol. The van der Waals surface area contributed by atoms with Crippen LogP contribution >= 0.6 is 0 Å². The highest BCUT2D eigenvalue weighted by molar-refractivity contribution is 5.61. The molecule has 0 spiro atoms. The van der Waals surface area contributed by atoms with Crippen molar-refractivity contribution in [3.8, 4) is 0 Å². The lowest BCUT2D eigenvalue weighted by Gasteiger charge is -2.15. The first kappa shape index (κ1) is 11.4. The molecule has 2 fully saturated rings. The Bertz CT molecular complexity index is 496. The number of anilines is 1. The Morgan fingerprint density at radius 1 is 1.44 bits per heavy atom. The molecule has 0 unspecified atom stereocenters. The second-order valence-corrected chi connectivity index (χ2v) is 5.41. The zero-order chi connectivity index (χ0) is 12.8. The van der Waals surface area contributed by atoms with Crippen molar-refractivity contribution in [2.45, 2.75) is 25.7 Å². The van der Waals surface area contributed by atoms with Gasteiger partial charge in [-0.05, 0) is 49.1 Å². The van der Waals surface area contributed by atoms with E-state index in [-0.39, 0.29) is 5.69 Å². The normalized spacial score (nSPS) is 20.5. The minimum absolute atomic E-state index is 0.179. The molecule has 3 rings (SSSR count). The van der Waals surface area contributed by atoms with Gasteiger partial charge in [-0.3, -0.25) is 10.1 Å². The van der Waals surface area contributed by atoms with E-state index in [2.05, 4.69) is 5.32 Å². The van der Waals surface area contributed by atoms with Crippen molar-refractivity contribution in [3.63, 3.8) is 0 Å². The first-order valence-corrected chi connectivity index (χ1v) is 6.29. The first-order valence-electron chi connectivity index (χ1n) is 6.29. The van der Waals surface area contributed by atoms with Gasteiger partial charge in [0.2, 0.25) is 0 Å². The molecule has 0 saturated heterocycles. The molecule has 2 aliphatic rings. The number of nitrogens with one attached hydrogen (secondary N) is 1. The summed E-state index contributed by atoms with van der Waals surface area (Å²) in [5.41, 5.74) is 0.609. The summed E-state index contributed by atoms with van der Waals surface area (Å²) in [5.74, 6) is 0.222. The largest absolute Gasteiger partial charge is 0.379 e. The predicted octanol–water partition coefficient (Wildman–Crippen LogP) is 3.34. The highest BCUT2D eigenvalue weighted by atomic mass is 19.1. The molecule has 0 atom stereocenters. The number of rotatable bonds is 5. The number of halogens is 1. The summed E-state index contributed by atoms with van der Waals surface area (Å²) < 4.78 is 13.0. The van der Waals surface area contributed by atoms with Crippen LogP contribution in [0.15, 0.2) is 18.2 Å². The molecule has 0 heterocycles. The Labute approximate surface area is 104 Å². The fourth-order valence-electron chi connectivity index (χ4n) is 2.66. The first-order chi connectivity index (χ1) is 8.61. The van der Waals surface area contributed by atoms with E-state index < -0.39 is 10.7 Å². The van der Waals surface area contributed by atoms with Gasteiger partial charge < -0.3 is 5.32 Å². The maximum absolute atomic E-state index is 13.0. The fourth-order valence-corrected chi connectivity index (χ4v) is 2.66. The third-order valence-corrected chi connectivity index (χ3v) is 4.12. The molecule has 0 radical (unpaired) electrons. The molecule has 2 saturated carbocycles. The summed E-state index contributed by atoms with van der Waals surface area (Å²) in [5, 5.41) is 14.0. The molecule has 96 valence electrons. The molecule has 1 aromatic carbocycles. The number of benzene rings is 1. The number of nitrogens with zero attached hydrogens (tertiary/aromatic N) is 1. The molecule has 1 N–H and O–H groups in total. The van der Waals surface area contributed by atoms with Crippen molar-refractivity contribution in [3.05, 3.63) is 34.1 Å². The van der Waals surface area contributed by atoms with E-state index in [4.69, 9.17) is 0 Å². The van der Waals surface area contributed by atoms with Crippen molar-refractivity contribution in [2.75, 3.05) is 11.9 Å². The van der Waals surface area contributed by atoms with E-state index in [1.54, 1.807) is 0 Å². The van der Waals surface area contributed by atoms with Crippen LogP contribution in [0.2, 0.25) is 0 Å². The van der Waals surface area contributed by atoms with Crippen LogP contribution in [0.4, 0.5) is 15.8 Å². The Morgan fingerprint density at radius 2 is 2.17 bits per heavy atom. The van der Waals surface area contributed by atoms with E-state index in [1.807, 2.05) is 0 Å². The van der Waals surface area contributed by atoms with Crippen LogP contribution in [0, 0.1) is 27.3 Å². The number of hydrogen-bond donors (Lipinski definition) is 1. The molecular weight excluding hydrogens is 235 g/mol. The lowest BCUT2D eigenvalue weighted by atomic mass is 10.0. The smallest absolute Gasteiger partial charge is 0.295 e. The van der Waals surface area contributed by atoms with Gasteiger partial charge in [0.05, 0.1) is 11.0 Å². The minimum atomic E-state index is -0.574. The molecule has 0 aliphatic heterocycles. The highest BCUT2D eigenvalue weighted by Gasteiger charge is 2.53. The topological polar surface area (TPSA) is 55.2 Å². The second-order valence-electron chi connectivity index (χ2n) is 5.41. The highest BCUT2D eigenvalue weighted by Crippen LogP contribution is 2.61. The van der Waals surface area contributed by atoms with Gasteiger partial charge in [-0.1, -0.05) is 0 Å². The van der Waals surface area contributed by atoms with Crippen LogP contribution in [0.1, 0.15) is 25.7 Å². The van der Waals surface area contributed by atoms with E-state index in [1.165, 1.54) is 37.8 Å². The summed E-state index contributed by atoms with van der Waals surface area (Å²) in [6, 6.07) is 3.68. The Hall–Kier alpha value is -1.65. The average molecular weight is 250 g/mol. The average Bonchev–Trinajstić information content (AvgIpc) is 3.19. The van der Waals surface area contributed by atoms with Crippen LogP contribution in [0.3, 0.4) is 0 Å². The predicted molar refractivity (Wildman–Crippen MR) is 65.9 cm³/mol. The zero-order valence-electron chi connectivity index (χ0n) is 9.99. The Kier molecular flexibility index (Phi) is 2.50. The number of nitro benzene ring substituents is 1. The van der Waals surface area contributed by atoms with E-state index in [0.29, 0.717) is 11.1 Å². The zero-order valence-corrected chi connectivity index (χ0v) is 9.99. The summed E-state index contributed by atoms with van der Waals surface area (Å²) in [6.45, 7) is 0.768. The van der Waals surface area contributed by atoms with Gasteiger partial charge in [-0.2, -0.15) is 0 Å². The van der Waals surface area contributed by atoms with Crippen LogP contribution in [-0.4, -0.2) is 11.5 Å². The van der Waals surface area contributed by atoms with E-state index in [9.17, 15) is 14.5 Å². The van der Waals surface area contributed by atoms with Crippen molar-refractivity contribution in [2.24, 2.45) is 11.3 Å². The van der Waals surface area contributed by atoms with Gasteiger partial charge in [0.15, 0.2) is 0 Å². The molecule has 2 aliphatic carbocycles. The molecular formula is C13H15FN2O2. The van der Waals surface area contributed by atoms with Crippen LogP contribution in [0.5, 0.6) is 0 Å². The third-order valence-electron chi connectivity index (χ3n) is 4.12. The van der Waals surface area contributed by atoms with Crippen LogP contribution in [0.25, 0.3) is 0 Å². The van der Waals surface area contributed by atoms with Crippen molar-refractivity contribution >= 4 is 11.4 Å². The van der Waals surface area contributed by atoms with Crippen LogP contribution < -0.4 is 5.32 Å².